The molecule has 2 aliphatic heterocycles. The Balaban J connectivity index is 1.29. The Morgan fingerprint density at radius 2 is 2.02 bits per heavy atom. The molecule has 2 aromatic heterocycles. The second-order valence-electron chi connectivity index (χ2n) is 11.4. The molecular weight excluding hydrogens is 607 g/mol. The van der Waals surface area contributed by atoms with Crippen molar-refractivity contribution in [2.45, 2.75) is 47.3 Å². The molecule has 2 unspecified atom stereocenters. The van der Waals surface area contributed by atoms with Gasteiger partial charge in [-0.25, -0.2) is 17.8 Å². The van der Waals surface area contributed by atoms with Gasteiger partial charge in [0.25, 0.3) is 5.69 Å². The fraction of sp³-hybridized carbons (Fsp3) is 0.400. The van der Waals surface area contributed by atoms with Crippen LogP contribution in [-0.2, 0) is 19.4 Å². The van der Waals surface area contributed by atoms with Crippen molar-refractivity contribution >= 4 is 38.2 Å². The number of fused-ring (bicyclic) bond motifs is 1. The van der Waals surface area contributed by atoms with Crippen molar-refractivity contribution in [1.82, 2.24) is 14.9 Å². The summed E-state index contributed by atoms with van der Waals surface area (Å²) >= 11 is 0. The molecule has 1 amide bonds. The van der Waals surface area contributed by atoms with E-state index in [1.807, 2.05) is 0 Å². The molecule has 4 heterocycles. The third kappa shape index (κ3) is 5.78. The van der Waals surface area contributed by atoms with Crippen LogP contribution in [0.15, 0.2) is 71.9 Å². The quantitative estimate of drug-likeness (QED) is 0.232. The van der Waals surface area contributed by atoms with E-state index in [0.29, 0.717) is 50.0 Å². The number of carbonyl (C=O) groups is 1. The Bertz CT molecular complexity index is 1770. The van der Waals surface area contributed by atoms with Crippen LogP contribution in [0.1, 0.15) is 19.3 Å². The molecule has 0 bridgehead atoms. The van der Waals surface area contributed by atoms with Gasteiger partial charge < -0.3 is 25.5 Å². The molecule has 238 valence electrons. The lowest BCUT2D eigenvalue weighted by Gasteiger charge is -2.40. The summed E-state index contributed by atoms with van der Waals surface area (Å²) in [5, 5.41) is 16.1. The number of amides is 1. The van der Waals surface area contributed by atoms with Gasteiger partial charge >= 0.3 is 0 Å². The maximum Gasteiger partial charge on any atom is 0.293 e. The molecule has 1 aromatic carbocycles. The third-order valence-electron chi connectivity index (χ3n) is 8.64. The fourth-order valence-corrected chi connectivity index (χ4v) is 8.17. The number of carbonyl (C=O) groups excluding carboxylic acids is 1. The number of aromatic amines is 1. The van der Waals surface area contributed by atoms with Gasteiger partial charge in [-0.05, 0) is 49.6 Å². The van der Waals surface area contributed by atoms with Gasteiger partial charge in [0.1, 0.15) is 29.2 Å². The van der Waals surface area contributed by atoms with Crippen LogP contribution in [-0.4, -0.2) is 83.6 Å². The Hall–Kier alpha value is -4.34. The highest BCUT2D eigenvalue weighted by molar-refractivity contribution is 7.93. The van der Waals surface area contributed by atoms with Crippen LogP contribution < -0.4 is 15.8 Å². The van der Waals surface area contributed by atoms with Crippen molar-refractivity contribution in [3.05, 3.63) is 77.1 Å². The number of ether oxygens (including phenoxy) is 2. The monoisotopic (exact) mass is 640 g/mol. The molecule has 0 radical (unpaired) electrons. The number of benzene rings is 1. The van der Waals surface area contributed by atoms with E-state index < -0.39 is 48.3 Å². The van der Waals surface area contributed by atoms with Gasteiger partial charge in [-0.3, -0.25) is 19.8 Å². The number of halogens is 1. The number of allylic oxidation sites excluding steroid dienone is 2. The minimum atomic E-state index is -4.67. The number of nitro groups is 1. The van der Waals surface area contributed by atoms with Gasteiger partial charge in [0.15, 0.2) is 0 Å². The van der Waals surface area contributed by atoms with Crippen molar-refractivity contribution in [1.29, 1.82) is 0 Å². The number of sulfone groups is 1. The predicted octanol–water partition coefficient (Wildman–Crippen LogP) is 3.25. The number of likely N-dealkylation sites (tertiary alicyclic amines) is 1. The maximum atomic E-state index is 14.4. The van der Waals surface area contributed by atoms with Crippen molar-refractivity contribution in [2.75, 3.05) is 31.6 Å². The van der Waals surface area contributed by atoms with Crippen molar-refractivity contribution in [2.24, 2.45) is 11.7 Å². The third-order valence-corrected chi connectivity index (χ3v) is 10.8. The van der Waals surface area contributed by atoms with Crippen molar-refractivity contribution in [3.8, 4) is 5.75 Å². The zero-order chi connectivity index (χ0) is 31.8. The van der Waals surface area contributed by atoms with Crippen molar-refractivity contribution < 1.29 is 32.0 Å². The van der Waals surface area contributed by atoms with E-state index in [1.165, 1.54) is 42.6 Å². The lowest BCUT2D eigenvalue weighted by atomic mass is 9.96. The normalized spacial score (nSPS) is 26.1. The van der Waals surface area contributed by atoms with Gasteiger partial charge in [0.05, 0.1) is 22.6 Å². The lowest BCUT2D eigenvalue weighted by molar-refractivity contribution is -0.384. The highest BCUT2D eigenvalue weighted by Crippen LogP contribution is 2.41. The van der Waals surface area contributed by atoms with Crippen LogP contribution in [0, 0.1) is 16.0 Å². The number of hydrogen-bond donors (Lipinski definition) is 3. The molecule has 6 rings (SSSR count). The summed E-state index contributed by atoms with van der Waals surface area (Å²) in [4.78, 5) is 30.7. The Kier molecular flexibility index (Phi) is 8.33. The summed E-state index contributed by atoms with van der Waals surface area (Å²) < 4.78 is 54.5. The molecule has 4 atom stereocenters. The number of H-pyrrole nitrogens is 1. The van der Waals surface area contributed by atoms with E-state index in [0.717, 1.165) is 6.07 Å². The number of aromatic nitrogens is 2. The molecule has 15 heteroatoms. The molecular formula is C30H33FN6O7S. The van der Waals surface area contributed by atoms with E-state index in [1.54, 1.807) is 18.3 Å². The first-order valence-corrected chi connectivity index (χ1v) is 16.1. The van der Waals surface area contributed by atoms with E-state index in [-0.39, 0.29) is 30.1 Å². The van der Waals surface area contributed by atoms with E-state index >= 15 is 0 Å². The topological polar surface area (TPSA) is 183 Å². The molecule has 1 aliphatic carbocycles. The van der Waals surface area contributed by atoms with Crippen LogP contribution >= 0.6 is 0 Å². The second kappa shape index (κ2) is 12.2. The fourth-order valence-electron chi connectivity index (χ4n) is 6.30. The van der Waals surface area contributed by atoms with Gasteiger partial charge in [0, 0.05) is 49.4 Å². The standard InChI is InChI=1S/C30H33FN6O7S/c31-24-18-43-14-9-26(24)36-12-7-20(8-13-36)35-25-5-4-22(16-27(25)37(39)40)45(41,42)30(10-2-1-3-23(30)28(32)38)44-21-15-19-6-11-33-29(19)34-17-21/h1-6,10-11,15-17,20,23-24,26,35H,7-9,12-14,18H2,(H2,32,38)(H,33,34)/t23?,24-,26+,30?/m1/s1. The zero-order valence-corrected chi connectivity index (χ0v) is 25.0. The SMILES string of the molecule is NC(=O)C1C=CC=CC1(Oc1cnc2[nH]ccc2c1)S(=O)(=O)c1ccc(NC2CCN([C@H]3CCOC[C@H]3F)CC2)c([N+](=O)[O-])c1. The molecule has 4 N–H and O–H groups in total. The second-order valence-corrected chi connectivity index (χ2v) is 13.5. The molecule has 3 aliphatic rings. The number of primary amides is 1. The van der Waals surface area contributed by atoms with E-state index in [4.69, 9.17) is 15.2 Å². The van der Waals surface area contributed by atoms with E-state index in [2.05, 4.69) is 20.2 Å². The van der Waals surface area contributed by atoms with Gasteiger partial charge in [-0.15, -0.1) is 0 Å². The zero-order valence-electron chi connectivity index (χ0n) is 24.2. The van der Waals surface area contributed by atoms with Crippen LogP contribution in [0.4, 0.5) is 15.8 Å². The summed E-state index contributed by atoms with van der Waals surface area (Å²) in [6.45, 7) is 1.82. The van der Waals surface area contributed by atoms with Crippen LogP contribution in [0.25, 0.3) is 11.0 Å². The highest BCUT2D eigenvalue weighted by atomic mass is 32.2. The number of nitrogens with two attached hydrogens (primary N) is 1. The number of pyridine rings is 1. The Morgan fingerprint density at radius 3 is 2.76 bits per heavy atom. The number of nitrogens with one attached hydrogen (secondary N) is 2. The van der Waals surface area contributed by atoms with Crippen molar-refractivity contribution in [3.63, 3.8) is 0 Å². The number of nitrogens with zero attached hydrogens (tertiary/aromatic N) is 3. The highest BCUT2D eigenvalue weighted by Gasteiger charge is 2.54. The van der Waals surface area contributed by atoms with Gasteiger partial charge in [-0.1, -0.05) is 18.2 Å². The summed E-state index contributed by atoms with van der Waals surface area (Å²) in [7, 11) is -4.67. The molecule has 45 heavy (non-hydrogen) atoms. The summed E-state index contributed by atoms with van der Waals surface area (Å²) in [6.07, 6.45) is 9.22. The first-order valence-electron chi connectivity index (χ1n) is 14.6. The number of rotatable bonds is 9. The van der Waals surface area contributed by atoms with Crippen LogP contribution in [0.5, 0.6) is 5.75 Å². The molecule has 2 saturated heterocycles. The first kappa shape index (κ1) is 30.7. The number of hydrogen-bond acceptors (Lipinski definition) is 10. The van der Waals surface area contributed by atoms with Gasteiger partial charge in [-0.2, -0.15) is 0 Å². The largest absolute Gasteiger partial charge is 0.464 e. The number of nitro benzene ring substituents is 1. The predicted molar refractivity (Wildman–Crippen MR) is 163 cm³/mol. The van der Waals surface area contributed by atoms with E-state index in [9.17, 15) is 27.7 Å². The molecule has 13 nitrogen and oxygen atoms in total. The molecule has 2 fully saturated rings. The minimum Gasteiger partial charge on any atom is -0.464 e. The number of alkyl halides is 1. The Morgan fingerprint density at radius 1 is 1.22 bits per heavy atom. The summed E-state index contributed by atoms with van der Waals surface area (Å²) in [5.41, 5.74) is 5.92. The van der Waals surface area contributed by atoms with Crippen LogP contribution in [0.3, 0.4) is 0 Å². The number of anilines is 1. The smallest absolute Gasteiger partial charge is 0.293 e. The summed E-state index contributed by atoms with van der Waals surface area (Å²) in [5.74, 6) is -2.37. The molecule has 0 saturated carbocycles. The lowest BCUT2D eigenvalue weighted by Crippen LogP contribution is -2.54. The van der Waals surface area contributed by atoms with Gasteiger partial charge in [0.2, 0.25) is 20.7 Å². The number of piperidine rings is 1. The minimum absolute atomic E-state index is 0.0517. The summed E-state index contributed by atoms with van der Waals surface area (Å²) in [6, 6.07) is 6.50. The Labute approximate surface area is 258 Å². The average Bonchev–Trinajstić information content (AvgIpc) is 3.50. The van der Waals surface area contributed by atoms with Crippen LogP contribution in [0.2, 0.25) is 0 Å². The first-order chi connectivity index (χ1) is 21.6. The maximum absolute atomic E-state index is 14.4. The average molecular weight is 641 g/mol. The molecule has 0 spiro atoms. The molecule has 3 aromatic rings.